The Bertz CT molecular complexity index is 1070. The van der Waals surface area contributed by atoms with Gasteiger partial charge in [-0.15, -0.1) is 0 Å². The van der Waals surface area contributed by atoms with Crippen LogP contribution >= 0.6 is 0 Å². The molecule has 0 bridgehead atoms. The summed E-state index contributed by atoms with van der Waals surface area (Å²) in [4.78, 5) is 38.0. The first-order chi connectivity index (χ1) is 30.0. The summed E-state index contributed by atoms with van der Waals surface area (Å²) in [5.41, 5.74) is 0. The highest BCUT2D eigenvalue weighted by atomic mass is 16.6. The summed E-state index contributed by atoms with van der Waals surface area (Å²) < 4.78 is 16.8. The first-order valence-corrected chi connectivity index (χ1v) is 26.1. The summed E-state index contributed by atoms with van der Waals surface area (Å²) >= 11 is 0. The zero-order valence-corrected chi connectivity index (χ0v) is 40.4. The van der Waals surface area contributed by atoms with E-state index in [0.29, 0.717) is 19.3 Å². The van der Waals surface area contributed by atoms with Crippen molar-refractivity contribution >= 4 is 17.9 Å². The molecule has 0 aromatic carbocycles. The number of carbonyl (C=O) groups excluding carboxylic acids is 3. The lowest BCUT2D eigenvalue weighted by Gasteiger charge is -2.18. The number of ether oxygens (including phenoxy) is 3. The SMILES string of the molecule is CC/C=C\C/C=C\C/C=C\C/C=C\CCCCC(=O)OC[C@@H](COC(=O)CCCCCCCCCCCCCCCC)OC(=O)CCCCCCCCCCCCCCCC. The third-order valence-corrected chi connectivity index (χ3v) is 11.3. The molecular formula is C55H98O6. The van der Waals surface area contributed by atoms with Gasteiger partial charge in [0.25, 0.3) is 0 Å². The maximum atomic E-state index is 12.8. The highest BCUT2D eigenvalue weighted by Gasteiger charge is 2.19. The third kappa shape index (κ3) is 48.3. The van der Waals surface area contributed by atoms with Crippen molar-refractivity contribution in [3.8, 4) is 0 Å². The zero-order valence-electron chi connectivity index (χ0n) is 40.4. The lowest BCUT2D eigenvalue weighted by molar-refractivity contribution is -0.167. The van der Waals surface area contributed by atoms with Gasteiger partial charge in [0.15, 0.2) is 6.10 Å². The van der Waals surface area contributed by atoms with Crippen molar-refractivity contribution in [3.05, 3.63) is 48.6 Å². The fourth-order valence-corrected chi connectivity index (χ4v) is 7.43. The molecule has 6 heteroatoms. The number of allylic oxidation sites excluding steroid dienone is 8. The molecule has 0 aromatic rings. The Morgan fingerprint density at radius 1 is 0.344 bits per heavy atom. The summed E-state index contributed by atoms with van der Waals surface area (Å²) in [6.07, 6.45) is 59.5. The van der Waals surface area contributed by atoms with E-state index in [1.165, 1.54) is 141 Å². The van der Waals surface area contributed by atoms with Crippen molar-refractivity contribution in [1.82, 2.24) is 0 Å². The Labute approximate surface area is 378 Å². The number of carbonyl (C=O) groups is 3. The molecular weight excluding hydrogens is 757 g/mol. The molecule has 0 spiro atoms. The van der Waals surface area contributed by atoms with Gasteiger partial charge in [0.1, 0.15) is 13.2 Å². The molecule has 0 aliphatic heterocycles. The van der Waals surface area contributed by atoms with Gasteiger partial charge in [0, 0.05) is 19.3 Å². The second-order valence-electron chi connectivity index (χ2n) is 17.4. The van der Waals surface area contributed by atoms with E-state index in [4.69, 9.17) is 14.2 Å². The monoisotopic (exact) mass is 855 g/mol. The van der Waals surface area contributed by atoms with Crippen molar-refractivity contribution in [2.75, 3.05) is 13.2 Å². The minimum Gasteiger partial charge on any atom is -0.462 e. The quantitative estimate of drug-likeness (QED) is 0.0263. The van der Waals surface area contributed by atoms with Gasteiger partial charge in [0.05, 0.1) is 0 Å². The molecule has 0 aromatic heterocycles. The molecule has 0 radical (unpaired) electrons. The van der Waals surface area contributed by atoms with Gasteiger partial charge in [-0.3, -0.25) is 14.4 Å². The van der Waals surface area contributed by atoms with Crippen LogP contribution in [0.1, 0.15) is 265 Å². The number of esters is 3. The van der Waals surface area contributed by atoms with Crippen LogP contribution in [0.3, 0.4) is 0 Å². The molecule has 0 heterocycles. The Morgan fingerprint density at radius 2 is 0.639 bits per heavy atom. The average Bonchev–Trinajstić information content (AvgIpc) is 3.26. The third-order valence-electron chi connectivity index (χ3n) is 11.3. The van der Waals surface area contributed by atoms with E-state index in [2.05, 4.69) is 69.4 Å². The maximum absolute atomic E-state index is 12.8. The highest BCUT2D eigenvalue weighted by molar-refractivity contribution is 5.71. The van der Waals surface area contributed by atoms with Crippen molar-refractivity contribution in [1.29, 1.82) is 0 Å². The van der Waals surface area contributed by atoms with Crippen LogP contribution in [0.15, 0.2) is 48.6 Å². The fraction of sp³-hybridized carbons (Fsp3) is 0.800. The predicted molar refractivity (Wildman–Crippen MR) is 261 cm³/mol. The van der Waals surface area contributed by atoms with Gasteiger partial charge < -0.3 is 14.2 Å². The van der Waals surface area contributed by atoms with E-state index in [0.717, 1.165) is 83.5 Å². The molecule has 0 aliphatic rings. The van der Waals surface area contributed by atoms with Crippen molar-refractivity contribution in [2.45, 2.75) is 271 Å². The standard InChI is InChI=1S/C55H98O6/c1-4-7-10-13-16-19-22-25-28-31-33-36-39-42-45-48-54(57)60-51-52(61-55(58)49-46-43-40-37-34-30-27-24-21-18-15-12-9-6-3)50-59-53(56)47-44-41-38-35-32-29-26-23-20-17-14-11-8-5-2/h7,10,16,19,25,28,33,36,52H,4-6,8-9,11-15,17-18,20-24,26-27,29-32,34-35,37-51H2,1-3H3/b10-7-,19-16-,28-25-,36-33-/t52-/m1/s1. The normalized spacial score (nSPS) is 12.4. The maximum Gasteiger partial charge on any atom is 0.306 e. The van der Waals surface area contributed by atoms with Gasteiger partial charge in [-0.25, -0.2) is 0 Å². The largest absolute Gasteiger partial charge is 0.462 e. The summed E-state index contributed by atoms with van der Waals surface area (Å²) in [5, 5.41) is 0. The molecule has 0 saturated heterocycles. The van der Waals surface area contributed by atoms with Crippen LogP contribution in [0.25, 0.3) is 0 Å². The smallest absolute Gasteiger partial charge is 0.306 e. The van der Waals surface area contributed by atoms with Crippen molar-refractivity contribution < 1.29 is 28.6 Å². The van der Waals surface area contributed by atoms with Crippen LogP contribution in [0.2, 0.25) is 0 Å². The minimum atomic E-state index is -0.784. The summed E-state index contributed by atoms with van der Waals surface area (Å²) in [7, 11) is 0. The van der Waals surface area contributed by atoms with Gasteiger partial charge in [-0.2, -0.15) is 0 Å². The molecule has 6 nitrogen and oxygen atoms in total. The van der Waals surface area contributed by atoms with Gasteiger partial charge in [-0.05, 0) is 57.8 Å². The lowest BCUT2D eigenvalue weighted by atomic mass is 10.0. The van der Waals surface area contributed by atoms with E-state index >= 15 is 0 Å². The van der Waals surface area contributed by atoms with Crippen LogP contribution in [0.4, 0.5) is 0 Å². The fourth-order valence-electron chi connectivity index (χ4n) is 7.43. The molecule has 354 valence electrons. The summed E-state index contributed by atoms with van der Waals surface area (Å²) in [6, 6.07) is 0. The Morgan fingerprint density at radius 3 is 1.00 bits per heavy atom. The highest BCUT2D eigenvalue weighted by Crippen LogP contribution is 2.16. The second kappa shape index (κ2) is 50.0. The first kappa shape index (κ1) is 58.4. The number of hydrogen-bond acceptors (Lipinski definition) is 6. The number of unbranched alkanes of at least 4 members (excludes halogenated alkanes) is 28. The molecule has 0 amide bonds. The molecule has 0 aliphatic carbocycles. The van der Waals surface area contributed by atoms with Gasteiger partial charge in [-0.1, -0.05) is 236 Å². The number of hydrogen-bond donors (Lipinski definition) is 0. The number of rotatable bonds is 47. The molecule has 0 unspecified atom stereocenters. The van der Waals surface area contributed by atoms with Crippen LogP contribution in [0, 0.1) is 0 Å². The molecule has 1 atom stereocenters. The Balaban J connectivity index is 4.41. The van der Waals surface area contributed by atoms with E-state index < -0.39 is 6.10 Å². The zero-order chi connectivity index (χ0) is 44.4. The summed E-state index contributed by atoms with van der Waals surface area (Å²) in [6.45, 7) is 6.51. The Kier molecular flexibility index (Phi) is 47.9. The predicted octanol–water partition coefficient (Wildman–Crippen LogP) is 17.1. The van der Waals surface area contributed by atoms with Crippen LogP contribution in [-0.4, -0.2) is 37.2 Å². The van der Waals surface area contributed by atoms with Crippen LogP contribution in [-0.2, 0) is 28.6 Å². The molecule has 0 fully saturated rings. The molecule has 0 rings (SSSR count). The van der Waals surface area contributed by atoms with Crippen molar-refractivity contribution in [2.24, 2.45) is 0 Å². The van der Waals surface area contributed by atoms with Gasteiger partial charge >= 0.3 is 17.9 Å². The van der Waals surface area contributed by atoms with E-state index in [1.807, 2.05) is 0 Å². The molecule has 0 saturated carbocycles. The average molecular weight is 855 g/mol. The lowest BCUT2D eigenvalue weighted by Crippen LogP contribution is -2.30. The van der Waals surface area contributed by atoms with Crippen LogP contribution in [0.5, 0.6) is 0 Å². The summed E-state index contributed by atoms with van der Waals surface area (Å²) in [5.74, 6) is -0.915. The van der Waals surface area contributed by atoms with E-state index in [-0.39, 0.29) is 31.1 Å². The minimum absolute atomic E-state index is 0.0823. The first-order valence-electron chi connectivity index (χ1n) is 26.1. The second-order valence-corrected chi connectivity index (χ2v) is 17.4. The molecule has 61 heavy (non-hydrogen) atoms. The van der Waals surface area contributed by atoms with Gasteiger partial charge in [0.2, 0.25) is 0 Å². The van der Waals surface area contributed by atoms with Crippen molar-refractivity contribution in [3.63, 3.8) is 0 Å². The van der Waals surface area contributed by atoms with Crippen LogP contribution < -0.4 is 0 Å². The topological polar surface area (TPSA) is 78.9 Å². The van der Waals surface area contributed by atoms with E-state index in [9.17, 15) is 14.4 Å². The Hall–Kier alpha value is -2.63. The molecule has 0 N–H and O–H groups in total. The van der Waals surface area contributed by atoms with E-state index in [1.54, 1.807) is 0 Å².